The standard InChI is InChI=1S/C12H14F3N3O2/c13-12(14,15)7-11(19)18-5-2-9(3-6-18)20-10-1-4-16-8-17-10/h1,4,8-9H,2-3,5-7H2. The first-order valence-corrected chi connectivity index (χ1v) is 6.21. The van der Waals surface area contributed by atoms with Gasteiger partial charge in [-0.3, -0.25) is 4.79 Å². The number of amides is 1. The Balaban J connectivity index is 1.79. The normalized spacial score (nSPS) is 17.1. The highest BCUT2D eigenvalue weighted by Crippen LogP contribution is 2.23. The summed E-state index contributed by atoms with van der Waals surface area (Å²) in [4.78, 5) is 20.3. The SMILES string of the molecule is O=C(CC(F)(F)F)N1CCC(Oc2ccncn2)CC1. The monoisotopic (exact) mass is 289 g/mol. The minimum absolute atomic E-state index is 0.139. The first-order chi connectivity index (χ1) is 9.44. The van der Waals surface area contributed by atoms with Crippen LogP contribution in [0.25, 0.3) is 0 Å². The van der Waals surface area contributed by atoms with Crippen molar-refractivity contribution >= 4 is 5.91 Å². The molecule has 2 heterocycles. The van der Waals surface area contributed by atoms with Gasteiger partial charge in [-0.2, -0.15) is 13.2 Å². The Kier molecular flexibility index (Phi) is 4.41. The second-order valence-corrected chi connectivity index (χ2v) is 4.54. The molecule has 20 heavy (non-hydrogen) atoms. The van der Waals surface area contributed by atoms with E-state index < -0.39 is 18.5 Å². The van der Waals surface area contributed by atoms with E-state index in [1.807, 2.05) is 0 Å². The maximum atomic E-state index is 12.1. The van der Waals surface area contributed by atoms with E-state index in [0.29, 0.717) is 18.7 Å². The van der Waals surface area contributed by atoms with Gasteiger partial charge in [0, 0.05) is 38.2 Å². The van der Waals surface area contributed by atoms with Crippen LogP contribution in [-0.2, 0) is 4.79 Å². The van der Waals surface area contributed by atoms with Gasteiger partial charge in [0.1, 0.15) is 18.9 Å². The molecule has 0 radical (unpaired) electrons. The van der Waals surface area contributed by atoms with Gasteiger partial charge in [0.05, 0.1) is 0 Å². The summed E-state index contributed by atoms with van der Waals surface area (Å²) in [6.07, 6.45) is -2.10. The van der Waals surface area contributed by atoms with Crippen LogP contribution in [0.5, 0.6) is 5.88 Å². The number of nitrogens with zero attached hydrogens (tertiary/aromatic N) is 3. The average molecular weight is 289 g/mol. The van der Waals surface area contributed by atoms with Crippen molar-refractivity contribution in [1.29, 1.82) is 0 Å². The zero-order valence-corrected chi connectivity index (χ0v) is 10.6. The lowest BCUT2D eigenvalue weighted by molar-refractivity contribution is -0.162. The van der Waals surface area contributed by atoms with Gasteiger partial charge in [0.15, 0.2) is 0 Å². The zero-order chi connectivity index (χ0) is 14.6. The summed E-state index contributed by atoms with van der Waals surface area (Å²) < 4.78 is 42.0. The van der Waals surface area contributed by atoms with E-state index in [4.69, 9.17) is 4.74 Å². The van der Waals surface area contributed by atoms with Crippen molar-refractivity contribution in [1.82, 2.24) is 14.9 Å². The van der Waals surface area contributed by atoms with E-state index in [1.54, 1.807) is 12.3 Å². The minimum Gasteiger partial charge on any atom is -0.474 e. The molecule has 8 heteroatoms. The lowest BCUT2D eigenvalue weighted by Crippen LogP contribution is -2.43. The van der Waals surface area contributed by atoms with E-state index in [0.717, 1.165) is 0 Å². The molecule has 5 nitrogen and oxygen atoms in total. The van der Waals surface area contributed by atoms with Crippen LogP contribution in [0.3, 0.4) is 0 Å². The number of hydrogen-bond donors (Lipinski definition) is 0. The van der Waals surface area contributed by atoms with Gasteiger partial charge in [-0.15, -0.1) is 0 Å². The number of aromatic nitrogens is 2. The molecule has 0 aromatic carbocycles. The Morgan fingerprint density at radius 2 is 2.10 bits per heavy atom. The van der Waals surface area contributed by atoms with Crippen LogP contribution in [0.15, 0.2) is 18.6 Å². The van der Waals surface area contributed by atoms with E-state index in [9.17, 15) is 18.0 Å². The Morgan fingerprint density at radius 1 is 1.40 bits per heavy atom. The summed E-state index contributed by atoms with van der Waals surface area (Å²) in [6.45, 7) is 0.537. The molecule has 1 aromatic heterocycles. The zero-order valence-electron chi connectivity index (χ0n) is 10.6. The Morgan fingerprint density at radius 3 is 2.65 bits per heavy atom. The largest absolute Gasteiger partial charge is 0.474 e. The number of halogens is 3. The smallest absolute Gasteiger partial charge is 0.397 e. The number of ether oxygens (including phenoxy) is 1. The predicted molar refractivity (Wildman–Crippen MR) is 62.9 cm³/mol. The maximum Gasteiger partial charge on any atom is 0.397 e. The molecule has 2 rings (SSSR count). The van der Waals surface area contributed by atoms with Gasteiger partial charge in [-0.1, -0.05) is 0 Å². The van der Waals surface area contributed by atoms with Crippen LogP contribution >= 0.6 is 0 Å². The fourth-order valence-electron chi connectivity index (χ4n) is 2.03. The number of alkyl halides is 3. The van der Waals surface area contributed by atoms with Gasteiger partial charge in [0.25, 0.3) is 0 Å². The van der Waals surface area contributed by atoms with E-state index in [-0.39, 0.29) is 19.2 Å². The molecule has 1 aromatic rings. The van der Waals surface area contributed by atoms with Crippen molar-refractivity contribution in [2.24, 2.45) is 0 Å². The number of likely N-dealkylation sites (tertiary alicyclic amines) is 1. The highest BCUT2D eigenvalue weighted by Gasteiger charge is 2.34. The molecule has 1 aliphatic heterocycles. The molecule has 0 N–H and O–H groups in total. The number of hydrogen-bond acceptors (Lipinski definition) is 4. The van der Waals surface area contributed by atoms with Crippen LogP contribution in [0.4, 0.5) is 13.2 Å². The van der Waals surface area contributed by atoms with Crippen molar-refractivity contribution < 1.29 is 22.7 Å². The van der Waals surface area contributed by atoms with Crippen molar-refractivity contribution in [2.75, 3.05) is 13.1 Å². The quantitative estimate of drug-likeness (QED) is 0.851. The van der Waals surface area contributed by atoms with Crippen LogP contribution in [0.1, 0.15) is 19.3 Å². The second-order valence-electron chi connectivity index (χ2n) is 4.54. The van der Waals surface area contributed by atoms with Crippen LogP contribution < -0.4 is 4.74 Å². The van der Waals surface area contributed by atoms with Crippen LogP contribution in [0, 0.1) is 0 Å². The number of piperidine rings is 1. The molecule has 0 saturated carbocycles. The molecule has 0 spiro atoms. The van der Waals surface area contributed by atoms with Crippen LogP contribution in [0.2, 0.25) is 0 Å². The summed E-state index contributed by atoms with van der Waals surface area (Å²) in [5, 5.41) is 0. The molecule has 0 bridgehead atoms. The van der Waals surface area contributed by atoms with Crippen molar-refractivity contribution in [2.45, 2.75) is 31.5 Å². The number of carbonyl (C=O) groups is 1. The first-order valence-electron chi connectivity index (χ1n) is 6.21. The molecule has 1 aliphatic rings. The Bertz CT molecular complexity index is 445. The minimum atomic E-state index is -4.45. The number of rotatable bonds is 3. The predicted octanol–water partition coefficient (Wildman–Crippen LogP) is 1.80. The molecule has 110 valence electrons. The molecule has 1 saturated heterocycles. The number of carbonyl (C=O) groups excluding carboxylic acids is 1. The third-order valence-corrected chi connectivity index (χ3v) is 2.99. The summed E-state index contributed by atoms with van der Waals surface area (Å²) >= 11 is 0. The average Bonchev–Trinajstić information content (AvgIpc) is 2.39. The molecule has 0 atom stereocenters. The molecule has 0 unspecified atom stereocenters. The van der Waals surface area contributed by atoms with Crippen molar-refractivity contribution in [3.8, 4) is 5.88 Å². The fourth-order valence-corrected chi connectivity index (χ4v) is 2.03. The fraction of sp³-hybridized carbons (Fsp3) is 0.583. The summed E-state index contributed by atoms with van der Waals surface area (Å²) in [7, 11) is 0. The molecule has 1 fully saturated rings. The lowest BCUT2D eigenvalue weighted by Gasteiger charge is -2.32. The maximum absolute atomic E-state index is 12.1. The Hall–Kier alpha value is -1.86. The van der Waals surface area contributed by atoms with Crippen LogP contribution in [-0.4, -0.2) is 46.1 Å². The summed E-state index contributed by atoms with van der Waals surface area (Å²) in [5.74, 6) is -0.446. The third-order valence-electron chi connectivity index (χ3n) is 2.99. The summed E-state index contributed by atoms with van der Waals surface area (Å²) in [5.41, 5.74) is 0. The highest BCUT2D eigenvalue weighted by molar-refractivity contribution is 5.76. The third kappa shape index (κ3) is 4.36. The van der Waals surface area contributed by atoms with Gasteiger partial charge in [-0.05, 0) is 0 Å². The van der Waals surface area contributed by atoms with Crippen molar-refractivity contribution in [3.63, 3.8) is 0 Å². The van der Waals surface area contributed by atoms with Crippen molar-refractivity contribution in [3.05, 3.63) is 18.6 Å². The van der Waals surface area contributed by atoms with Gasteiger partial charge in [-0.25, -0.2) is 9.97 Å². The highest BCUT2D eigenvalue weighted by atomic mass is 19.4. The molecule has 1 amide bonds. The first kappa shape index (κ1) is 14.5. The second kappa shape index (κ2) is 6.06. The molecular formula is C12H14F3N3O2. The van der Waals surface area contributed by atoms with E-state index >= 15 is 0 Å². The van der Waals surface area contributed by atoms with E-state index in [2.05, 4.69) is 9.97 Å². The Labute approximate surface area is 113 Å². The lowest BCUT2D eigenvalue weighted by atomic mass is 10.1. The summed E-state index contributed by atoms with van der Waals surface area (Å²) in [6, 6.07) is 1.61. The van der Waals surface area contributed by atoms with Gasteiger partial charge < -0.3 is 9.64 Å². The molecule has 0 aliphatic carbocycles. The topological polar surface area (TPSA) is 55.3 Å². The van der Waals surface area contributed by atoms with Gasteiger partial charge in [0.2, 0.25) is 11.8 Å². The van der Waals surface area contributed by atoms with Gasteiger partial charge >= 0.3 is 6.18 Å². The molecular weight excluding hydrogens is 275 g/mol. The van der Waals surface area contributed by atoms with E-state index in [1.165, 1.54) is 11.2 Å².